The highest BCUT2D eigenvalue weighted by Gasteiger charge is 2.34. The molecule has 1 aliphatic heterocycles. The van der Waals surface area contributed by atoms with Gasteiger partial charge in [0.1, 0.15) is 5.75 Å². The van der Waals surface area contributed by atoms with Crippen LogP contribution in [0, 0.1) is 0 Å². The van der Waals surface area contributed by atoms with Crippen LogP contribution in [0.25, 0.3) is 0 Å². The van der Waals surface area contributed by atoms with Crippen LogP contribution in [0.2, 0.25) is 0 Å². The van der Waals surface area contributed by atoms with E-state index in [0.29, 0.717) is 23.5 Å². The summed E-state index contributed by atoms with van der Waals surface area (Å²) in [5.74, 6) is 0.416. The number of ether oxygens (including phenoxy) is 1. The number of nitrogens with one attached hydrogen (secondary N) is 1. The number of carbonyl (C=O) groups excluding carboxylic acids is 2. The van der Waals surface area contributed by atoms with Crippen molar-refractivity contribution >= 4 is 28.8 Å². The topological polar surface area (TPSA) is 58.6 Å². The Labute approximate surface area is 167 Å². The summed E-state index contributed by atoms with van der Waals surface area (Å²) in [4.78, 5) is 28.6. The third-order valence-electron chi connectivity index (χ3n) is 4.86. The van der Waals surface area contributed by atoms with Crippen molar-refractivity contribution in [3.8, 4) is 5.75 Å². The van der Waals surface area contributed by atoms with E-state index >= 15 is 0 Å². The summed E-state index contributed by atoms with van der Waals surface area (Å²) in [5.41, 5.74) is 2.34. The van der Waals surface area contributed by atoms with Crippen LogP contribution in [0.5, 0.6) is 5.75 Å². The van der Waals surface area contributed by atoms with Crippen LogP contribution < -0.4 is 10.1 Å². The summed E-state index contributed by atoms with van der Waals surface area (Å²) in [6, 6.07) is 18.5. The van der Waals surface area contributed by atoms with Gasteiger partial charge in [-0.25, -0.2) is 0 Å². The Balaban J connectivity index is 1.57. The van der Waals surface area contributed by atoms with Crippen LogP contribution in [0.3, 0.4) is 0 Å². The molecule has 1 atom stereocenters. The van der Waals surface area contributed by atoms with Gasteiger partial charge in [0.25, 0.3) is 5.91 Å². The van der Waals surface area contributed by atoms with Crippen molar-refractivity contribution in [3.05, 3.63) is 82.0 Å². The molecule has 2 heterocycles. The van der Waals surface area contributed by atoms with Crippen LogP contribution in [0.1, 0.15) is 33.3 Å². The number of rotatable bonds is 6. The second kappa shape index (κ2) is 7.86. The molecule has 1 N–H and O–H groups in total. The van der Waals surface area contributed by atoms with Crippen molar-refractivity contribution < 1.29 is 14.3 Å². The molecule has 1 aromatic heterocycles. The van der Waals surface area contributed by atoms with Gasteiger partial charge >= 0.3 is 0 Å². The fraction of sp³-hybridized carbons (Fsp3) is 0.182. The lowest BCUT2D eigenvalue weighted by Gasteiger charge is -2.26. The van der Waals surface area contributed by atoms with E-state index in [-0.39, 0.29) is 24.3 Å². The molecule has 0 saturated heterocycles. The first-order valence-corrected chi connectivity index (χ1v) is 9.90. The average molecular weight is 392 g/mol. The molecule has 0 radical (unpaired) electrons. The molecular weight excluding hydrogens is 372 g/mol. The number of fused-ring (bicyclic) bond motifs is 1. The molecule has 142 valence electrons. The predicted octanol–water partition coefficient (Wildman–Crippen LogP) is 4.48. The van der Waals surface area contributed by atoms with Crippen LogP contribution in [0.15, 0.2) is 66.0 Å². The highest BCUT2D eigenvalue weighted by molar-refractivity contribution is 7.10. The largest absolute Gasteiger partial charge is 0.495 e. The first-order chi connectivity index (χ1) is 13.7. The molecule has 0 fully saturated rings. The number of methoxy groups -OCH3 is 1. The second-order valence-electron chi connectivity index (χ2n) is 6.57. The second-order valence-corrected chi connectivity index (χ2v) is 7.55. The van der Waals surface area contributed by atoms with E-state index in [1.54, 1.807) is 35.5 Å². The van der Waals surface area contributed by atoms with Crippen molar-refractivity contribution in [1.82, 2.24) is 4.90 Å². The molecule has 3 aromatic rings. The molecule has 28 heavy (non-hydrogen) atoms. The maximum atomic E-state index is 13.0. The maximum absolute atomic E-state index is 13.0. The molecule has 2 aromatic carbocycles. The zero-order valence-corrected chi connectivity index (χ0v) is 16.2. The standard InChI is InChI=1S/C22H20N2O3S/c1-27-19-10-5-4-9-17(19)23-21(25)13-18(20-11-6-12-28-20)24-14-15-7-2-3-8-16(15)22(24)26/h2-12,18H,13-14H2,1H3,(H,23,25)/t18-/m1/s1. The summed E-state index contributed by atoms with van der Waals surface area (Å²) >= 11 is 1.56. The predicted molar refractivity (Wildman–Crippen MR) is 110 cm³/mol. The first kappa shape index (κ1) is 18.3. The first-order valence-electron chi connectivity index (χ1n) is 9.02. The molecule has 1 aliphatic rings. The van der Waals surface area contributed by atoms with Gasteiger partial charge in [-0.15, -0.1) is 11.3 Å². The molecule has 5 nitrogen and oxygen atoms in total. The Kier molecular flexibility index (Phi) is 5.12. The van der Waals surface area contributed by atoms with Crippen molar-refractivity contribution in [2.24, 2.45) is 0 Å². The Hall–Kier alpha value is -3.12. The molecular formula is C22H20N2O3S. The smallest absolute Gasteiger partial charge is 0.255 e. The number of hydrogen-bond acceptors (Lipinski definition) is 4. The van der Waals surface area contributed by atoms with Gasteiger partial charge in [-0.2, -0.15) is 0 Å². The lowest BCUT2D eigenvalue weighted by molar-refractivity contribution is -0.117. The zero-order valence-electron chi connectivity index (χ0n) is 15.4. The van der Waals surface area contributed by atoms with Crippen LogP contribution in [-0.2, 0) is 11.3 Å². The van der Waals surface area contributed by atoms with Crippen molar-refractivity contribution in [2.75, 3.05) is 12.4 Å². The fourth-order valence-corrected chi connectivity index (χ4v) is 4.34. The van der Waals surface area contributed by atoms with Gasteiger partial charge in [0, 0.05) is 17.0 Å². The Bertz CT molecular complexity index is 1000. The third-order valence-corrected chi connectivity index (χ3v) is 5.83. The van der Waals surface area contributed by atoms with Crippen molar-refractivity contribution in [3.63, 3.8) is 0 Å². The zero-order chi connectivity index (χ0) is 19.5. The number of carbonyl (C=O) groups is 2. The number of hydrogen-bond donors (Lipinski definition) is 1. The minimum absolute atomic E-state index is 0.0286. The Morgan fingerprint density at radius 1 is 1.14 bits per heavy atom. The van der Waals surface area contributed by atoms with Gasteiger partial charge in [-0.05, 0) is 35.2 Å². The average Bonchev–Trinajstić information content (AvgIpc) is 3.35. The minimum atomic E-state index is -0.311. The molecule has 0 bridgehead atoms. The van der Waals surface area contributed by atoms with Crippen LogP contribution in [-0.4, -0.2) is 23.8 Å². The number of benzene rings is 2. The van der Waals surface area contributed by atoms with Gasteiger partial charge < -0.3 is 15.0 Å². The van der Waals surface area contributed by atoms with Gasteiger partial charge in [-0.3, -0.25) is 9.59 Å². The normalized spacial score (nSPS) is 13.9. The Morgan fingerprint density at radius 2 is 1.93 bits per heavy atom. The summed E-state index contributed by atoms with van der Waals surface area (Å²) < 4.78 is 5.31. The summed E-state index contributed by atoms with van der Waals surface area (Å²) in [7, 11) is 1.57. The van der Waals surface area contributed by atoms with Crippen molar-refractivity contribution in [2.45, 2.75) is 19.0 Å². The lowest BCUT2D eigenvalue weighted by atomic mass is 10.1. The molecule has 0 saturated carbocycles. The molecule has 0 aliphatic carbocycles. The van der Waals surface area contributed by atoms with E-state index in [1.807, 2.05) is 53.9 Å². The third kappa shape index (κ3) is 3.51. The Morgan fingerprint density at radius 3 is 2.68 bits per heavy atom. The summed E-state index contributed by atoms with van der Waals surface area (Å²) in [6.45, 7) is 0.513. The lowest BCUT2D eigenvalue weighted by Crippen LogP contribution is -2.31. The number of para-hydroxylation sites is 2. The van der Waals surface area contributed by atoms with E-state index in [1.165, 1.54) is 0 Å². The maximum Gasteiger partial charge on any atom is 0.255 e. The van der Waals surface area contributed by atoms with Gasteiger partial charge in [0.05, 0.1) is 25.3 Å². The highest BCUT2D eigenvalue weighted by Crippen LogP contribution is 2.35. The molecule has 0 spiro atoms. The summed E-state index contributed by atoms with van der Waals surface area (Å²) in [5, 5.41) is 4.88. The van der Waals surface area contributed by atoms with Gasteiger partial charge in [0.2, 0.25) is 5.91 Å². The fourth-order valence-electron chi connectivity index (χ4n) is 3.50. The monoisotopic (exact) mass is 392 g/mol. The minimum Gasteiger partial charge on any atom is -0.495 e. The van der Waals surface area contributed by atoms with Crippen LogP contribution >= 0.6 is 11.3 Å². The number of amides is 2. The van der Waals surface area contributed by atoms with Crippen molar-refractivity contribution in [1.29, 1.82) is 0 Å². The van der Waals surface area contributed by atoms with E-state index in [0.717, 1.165) is 10.4 Å². The van der Waals surface area contributed by atoms with Gasteiger partial charge in [-0.1, -0.05) is 36.4 Å². The quantitative estimate of drug-likeness (QED) is 0.673. The molecule has 6 heteroatoms. The molecule has 0 unspecified atom stereocenters. The summed E-state index contributed by atoms with van der Waals surface area (Å²) in [6.07, 6.45) is 0.179. The number of thiophene rings is 1. The van der Waals surface area contributed by atoms with E-state index in [4.69, 9.17) is 4.74 Å². The van der Waals surface area contributed by atoms with E-state index in [2.05, 4.69) is 5.32 Å². The van der Waals surface area contributed by atoms with E-state index < -0.39 is 0 Å². The number of anilines is 1. The van der Waals surface area contributed by atoms with Crippen LogP contribution in [0.4, 0.5) is 5.69 Å². The number of nitrogens with zero attached hydrogens (tertiary/aromatic N) is 1. The van der Waals surface area contributed by atoms with Gasteiger partial charge in [0.15, 0.2) is 0 Å². The highest BCUT2D eigenvalue weighted by atomic mass is 32.1. The molecule has 2 amide bonds. The van der Waals surface area contributed by atoms with E-state index in [9.17, 15) is 9.59 Å². The molecule has 4 rings (SSSR count). The SMILES string of the molecule is COc1ccccc1NC(=O)C[C@H](c1cccs1)N1Cc2ccccc2C1=O.